The van der Waals surface area contributed by atoms with Gasteiger partial charge in [0.25, 0.3) is 0 Å². The predicted molar refractivity (Wildman–Crippen MR) is 60.1 cm³/mol. The lowest BCUT2D eigenvalue weighted by Gasteiger charge is -2.02. The monoisotopic (exact) mass is 216 g/mol. The molecule has 0 heterocycles. The second-order valence-corrected chi connectivity index (χ2v) is 3.71. The minimum atomic E-state index is -0.325. The first kappa shape index (κ1) is 13.4. The average molecular weight is 216 g/mol. The molecular weight excluding hydrogens is 196 g/mol. The van der Waals surface area contributed by atoms with Crippen molar-refractivity contribution in [1.82, 2.24) is 0 Å². The average Bonchev–Trinajstić information content (AvgIpc) is 2.21. The van der Waals surface area contributed by atoms with Crippen LogP contribution >= 0.6 is 0 Å². The summed E-state index contributed by atoms with van der Waals surface area (Å²) >= 11 is 0. The highest BCUT2D eigenvalue weighted by atomic mass is 28.2. The van der Waals surface area contributed by atoms with Crippen LogP contribution < -0.4 is 0 Å². The third kappa shape index (κ3) is 9.47. The van der Waals surface area contributed by atoms with Crippen LogP contribution in [0.15, 0.2) is 12.7 Å². The number of esters is 1. The van der Waals surface area contributed by atoms with Gasteiger partial charge in [-0.15, -0.1) is 0 Å². The molecule has 14 heavy (non-hydrogen) atoms. The standard InChI is InChI=1S/C10H20O3Si/c1-2-10(11)12-8-6-4-3-5-7-9-13-14/h2H,1,3-9H2,14H3. The maximum Gasteiger partial charge on any atom is 0.330 e. The zero-order valence-electron chi connectivity index (χ0n) is 8.96. The van der Waals surface area contributed by atoms with Crippen molar-refractivity contribution in [2.75, 3.05) is 13.2 Å². The maximum absolute atomic E-state index is 10.6. The molecule has 0 radical (unpaired) electrons. The zero-order valence-corrected chi connectivity index (χ0v) is 11.0. The van der Waals surface area contributed by atoms with Gasteiger partial charge in [0, 0.05) is 12.7 Å². The van der Waals surface area contributed by atoms with E-state index in [2.05, 4.69) is 6.58 Å². The summed E-state index contributed by atoms with van der Waals surface area (Å²) in [4.78, 5) is 10.6. The smallest absolute Gasteiger partial charge is 0.330 e. The van der Waals surface area contributed by atoms with Crippen LogP contribution in [0.25, 0.3) is 0 Å². The topological polar surface area (TPSA) is 35.5 Å². The van der Waals surface area contributed by atoms with Crippen LogP contribution in [0.4, 0.5) is 0 Å². The fourth-order valence-corrected chi connectivity index (χ4v) is 1.40. The van der Waals surface area contributed by atoms with E-state index in [1.165, 1.54) is 18.9 Å². The van der Waals surface area contributed by atoms with Gasteiger partial charge in [-0.3, -0.25) is 0 Å². The summed E-state index contributed by atoms with van der Waals surface area (Å²) in [7, 11) is 0.840. The summed E-state index contributed by atoms with van der Waals surface area (Å²) in [5.41, 5.74) is 0. The highest BCUT2D eigenvalue weighted by Crippen LogP contribution is 2.03. The van der Waals surface area contributed by atoms with Gasteiger partial charge in [-0.2, -0.15) is 0 Å². The van der Waals surface area contributed by atoms with Crippen molar-refractivity contribution in [2.45, 2.75) is 32.1 Å². The van der Waals surface area contributed by atoms with Crippen LogP contribution in [0.1, 0.15) is 32.1 Å². The second-order valence-electron chi connectivity index (χ2n) is 3.13. The van der Waals surface area contributed by atoms with Gasteiger partial charge in [0.05, 0.1) is 6.61 Å². The SMILES string of the molecule is C=CC(=O)OCCCCCCCO[SiH3]. The lowest BCUT2D eigenvalue weighted by Crippen LogP contribution is -2.01. The minimum absolute atomic E-state index is 0.325. The van der Waals surface area contributed by atoms with Crippen molar-refractivity contribution in [3.8, 4) is 0 Å². The van der Waals surface area contributed by atoms with Crippen LogP contribution in [0, 0.1) is 0 Å². The normalized spacial score (nSPS) is 10.0. The largest absolute Gasteiger partial charge is 0.463 e. The summed E-state index contributed by atoms with van der Waals surface area (Å²) in [6.07, 6.45) is 6.81. The molecule has 0 N–H and O–H groups in total. The van der Waals surface area contributed by atoms with Crippen molar-refractivity contribution in [3.05, 3.63) is 12.7 Å². The van der Waals surface area contributed by atoms with E-state index in [1.54, 1.807) is 0 Å². The predicted octanol–water partition coefficient (Wildman–Crippen LogP) is 0.963. The third-order valence-electron chi connectivity index (χ3n) is 1.90. The summed E-state index contributed by atoms with van der Waals surface area (Å²) in [6.45, 7) is 4.74. The van der Waals surface area contributed by atoms with Gasteiger partial charge < -0.3 is 9.16 Å². The summed E-state index contributed by atoms with van der Waals surface area (Å²) in [5.74, 6) is -0.325. The second kappa shape index (κ2) is 10.5. The van der Waals surface area contributed by atoms with Crippen LogP contribution in [0.2, 0.25) is 0 Å². The molecule has 0 saturated heterocycles. The minimum Gasteiger partial charge on any atom is -0.463 e. The van der Waals surface area contributed by atoms with E-state index in [9.17, 15) is 4.79 Å². The van der Waals surface area contributed by atoms with E-state index in [-0.39, 0.29) is 5.97 Å². The number of ether oxygens (including phenoxy) is 1. The summed E-state index contributed by atoms with van der Waals surface area (Å²) in [6, 6.07) is 0. The first-order valence-corrected chi connectivity index (χ1v) is 5.91. The molecule has 82 valence electrons. The van der Waals surface area contributed by atoms with Gasteiger partial charge in [0.2, 0.25) is 0 Å². The molecule has 0 rings (SSSR count). The fourth-order valence-electron chi connectivity index (χ4n) is 1.11. The molecular formula is C10H20O3Si. The molecule has 0 unspecified atom stereocenters. The van der Waals surface area contributed by atoms with Crippen LogP contribution in [0.5, 0.6) is 0 Å². The zero-order chi connectivity index (χ0) is 10.6. The first-order valence-electron chi connectivity index (χ1n) is 5.09. The van der Waals surface area contributed by atoms with Gasteiger partial charge in [-0.05, 0) is 12.8 Å². The molecule has 0 aliphatic rings. The molecule has 0 bridgehead atoms. The Morgan fingerprint density at radius 1 is 1.14 bits per heavy atom. The highest BCUT2D eigenvalue weighted by Gasteiger charge is 1.94. The molecule has 0 fully saturated rings. The molecule has 0 aliphatic carbocycles. The van der Waals surface area contributed by atoms with Gasteiger partial charge >= 0.3 is 5.97 Å². The highest BCUT2D eigenvalue weighted by molar-refractivity contribution is 5.97. The van der Waals surface area contributed by atoms with Gasteiger partial charge in [-0.1, -0.05) is 25.8 Å². The van der Waals surface area contributed by atoms with E-state index >= 15 is 0 Å². The van der Waals surface area contributed by atoms with Gasteiger partial charge in [0.15, 0.2) is 0 Å². The maximum atomic E-state index is 10.6. The van der Waals surface area contributed by atoms with Crippen molar-refractivity contribution >= 4 is 16.5 Å². The molecule has 0 aromatic rings. The number of carbonyl (C=O) groups excluding carboxylic acids is 1. The summed E-state index contributed by atoms with van der Waals surface area (Å²) in [5, 5.41) is 0. The third-order valence-corrected chi connectivity index (χ3v) is 2.31. The Balaban J connectivity index is 2.99. The molecule has 0 aliphatic heterocycles. The first-order chi connectivity index (χ1) is 6.81. The molecule has 4 heteroatoms. The Kier molecular flexibility index (Phi) is 10.0. The van der Waals surface area contributed by atoms with Crippen molar-refractivity contribution in [2.24, 2.45) is 0 Å². The molecule has 0 spiro atoms. The Bertz CT molecular complexity index is 159. The fraction of sp³-hybridized carbons (Fsp3) is 0.700. The Morgan fingerprint density at radius 3 is 2.29 bits per heavy atom. The molecule has 0 atom stereocenters. The molecule has 0 aromatic carbocycles. The van der Waals surface area contributed by atoms with Gasteiger partial charge in [0.1, 0.15) is 10.5 Å². The van der Waals surface area contributed by atoms with E-state index < -0.39 is 0 Å². The van der Waals surface area contributed by atoms with Crippen molar-refractivity contribution in [1.29, 1.82) is 0 Å². The van der Waals surface area contributed by atoms with Crippen molar-refractivity contribution in [3.63, 3.8) is 0 Å². The van der Waals surface area contributed by atoms with E-state index in [0.717, 1.165) is 36.4 Å². The van der Waals surface area contributed by atoms with E-state index in [1.807, 2.05) is 0 Å². The molecule has 0 saturated carbocycles. The number of rotatable bonds is 9. The van der Waals surface area contributed by atoms with Crippen molar-refractivity contribution < 1.29 is 14.0 Å². The number of hydrogen-bond acceptors (Lipinski definition) is 3. The Hall–Kier alpha value is -0.613. The van der Waals surface area contributed by atoms with E-state index in [4.69, 9.17) is 9.16 Å². The lowest BCUT2D eigenvalue weighted by atomic mass is 10.1. The molecule has 3 nitrogen and oxygen atoms in total. The Morgan fingerprint density at radius 2 is 1.71 bits per heavy atom. The lowest BCUT2D eigenvalue weighted by molar-refractivity contribution is -0.137. The van der Waals surface area contributed by atoms with Gasteiger partial charge in [-0.25, -0.2) is 4.79 Å². The quantitative estimate of drug-likeness (QED) is 0.249. The number of unbranched alkanes of at least 4 members (excludes halogenated alkanes) is 4. The number of carbonyl (C=O) groups is 1. The number of hydrogen-bond donors (Lipinski definition) is 0. The van der Waals surface area contributed by atoms with Crippen LogP contribution in [-0.2, 0) is 14.0 Å². The summed E-state index contributed by atoms with van der Waals surface area (Å²) < 4.78 is 9.92. The molecule has 0 aromatic heterocycles. The Labute approximate surface area is 89.0 Å². The van der Waals surface area contributed by atoms with E-state index in [0.29, 0.717) is 6.61 Å². The van der Waals surface area contributed by atoms with Crippen LogP contribution in [0.3, 0.4) is 0 Å². The molecule has 0 amide bonds. The van der Waals surface area contributed by atoms with Crippen LogP contribution in [-0.4, -0.2) is 29.7 Å².